The van der Waals surface area contributed by atoms with E-state index in [1.165, 1.54) is 19.2 Å². The fourth-order valence-electron chi connectivity index (χ4n) is 1.08. The lowest BCUT2D eigenvalue weighted by Crippen LogP contribution is -2.22. The number of aliphatic hydroxyl groups excluding tert-OH is 2. The van der Waals surface area contributed by atoms with Crippen LogP contribution >= 0.6 is 0 Å². The zero-order valence-electron chi connectivity index (χ0n) is 8.40. The lowest BCUT2D eigenvalue weighted by Gasteiger charge is -2.11. The first-order chi connectivity index (χ1) is 7.17. The molecule has 1 rings (SSSR count). The van der Waals surface area contributed by atoms with Gasteiger partial charge in [-0.05, 0) is 12.1 Å². The summed E-state index contributed by atoms with van der Waals surface area (Å²) >= 11 is 0. The highest BCUT2D eigenvalue weighted by atomic mass is 19.1. The van der Waals surface area contributed by atoms with Gasteiger partial charge in [-0.2, -0.15) is 0 Å². The third kappa shape index (κ3) is 3.38. The quantitative estimate of drug-likeness (QED) is 0.673. The molecule has 1 atom stereocenters. The molecule has 84 valence electrons. The average Bonchev–Trinajstić information content (AvgIpc) is 2.26. The Labute approximate surface area is 87.3 Å². The zero-order valence-corrected chi connectivity index (χ0v) is 8.40. The number of hydrogen-bond donors (Lipinski definition) is 3. The smallest absolute Gasteiger partial charge is 0.167 e. The summed E-state index contributed by atoms with van der Waals surface area (Å²) in [6.45, 7) is -0.159. The van der Waals surface area contributed by atoms with Gasteiger partial charge in [0.25, 0.3) is 0 Å². The van der Waals surface area contributed by atoms with Crippen LogP contribution in [0.15, 0.2) is 18.2 Å². The number of ether oxygens (including phenoxy) is 1. The summed E-state index contributed by atoms with van der Waals surface area (Å²) in [5.41, 5.74) is 0.529. The third-order valence-corrected chi connectivity index (χ3v) is 1.90. The Morgan fingerprint density at radius 3 is 2.80 bits per heavy atom. The molecule has 0 aliphatic heterocycles. The predicted octanol–water partition coefficient (Wildman–Crippen LogP) is 0.599. The first kappa shape index (κ1) is 11.7. The molecule has 0 amide bonds. The van der Waals surface area contributed by atoms with Crippen LogP contribution in [-0.2, 0) is 0 Å². The monoisotopic (exact) mass is 215 g/mol. The van der Waals surface area contributed by atoms with Crippen LogP contribution in [0.4, 0.5) is 10.1 Å². The number of benzene rings is 1. The summed E-state index contributed by atoms with van der Waals surface area (Å²) < 4.78 is 17.9. The number of hydrogen-bond acceptors (Lipinski definition) is 4. The fraction of sp³-hybridized carbons (Fsp3) is 0.400. The molecule has 0 aliphatic rings. The minimum atomic E-state index is -0.852. The van der Waals surface area contributed by atoms with Crippen molar-refractivity contribution in [3.05, 3.63) is 24.0 Å². The number of rotatable bonds is 5. The predicted molar refractivity (Wildman–Crippen MR) is 54.5 cm³/mol. The summed E-state index contributed by atoms with van der Waals surface area (Å²) in [5, 5.41) is 20.4. The number of aliphatic hydroxyl groups is 2. The molecule has 0 radical (unpaired) electrons. The van der Waals surface area contributed by atoms with E-state index >= 15 is 0 Å². The van der Waals surface area contributed by atoms with Gasteiger partial charge in [0.05, 0.1) is 19.8 Å². The van der Waals surface area contributed by atoms with E-state index in [1.807, 2.05) is 0 Å². The normalized spacial score (nSPS) is 12.3. The van der Waals surface area contributed by atoms with Crippen molar-refractivity contribution in [2.75, 3.05) is 25.6 Å². The SMILES string of the molecule is COc1ccc(NC[C@H](O)CO)cc1F. The summed E-state index contributed by atoms with van der Waals surface area (Å²) in [7, 11) is 1.39. The van der Waals surface area contributed by atoms with Gasteiger partial charge in [-0.1, -0.05) is 0 Å². The van der Waals surface area contributed by atoms with Crippen molar-refractivity contribution in [3.8, 4) is 5.75 Å². The van der Waals surface area contributed by atoms with Gasteiger partial charge in [-0.25, -0.2) is 4.39 Å². The molecule has 0 aliphatic carbocycles. The Kier molecular flexibility index (Phi) is 4.33. The molecule has 0 bridgehead atoms. The minimum absolute atomic E-state index is 0.169. The van der Waals surface area contributed by atoms with E-state index in [-0.39, 0.29) is 18.9 Å². The van der Waals surface area contributed by atoms with Gasteiger partial charge >= 0.3 is 0 Å². The summed E-state index contributed by atoms with van der Waals surface area (Å²) in [6, 6.07) is 4.39. The molecule has 0 aromatic heterocycles. The second-order valence-corrected chi connectivity index (χ2v) is 3.07. The minimum Gasteiger partial charge on any atom is -0.494 e. The Bertz CT molecular complexity index is 320. The standard InChI is InChI=1S/C10H14FNO3/c1-15-10-3-2-7(4-9(10)11)12-5-8(14)6-13/h2-4,8,12-14H,5-6H2,1H3/t8-/m0/s1. The van der Waals surface area contributed by atoms with Crippen LogP contribution in [0, 0.1) is 5.82 Å². The molecular formula is C10H14FNO3. The number of halogens is 1. The van der Waals surface area contributed by atoms with Gasteiger partial charge in [0.1, 0.15) is 0 Å². The molecule has 4 nitrogen and oxygen atoms in total. The van der Waals surface area contributed by atoms with E-state index in [0.717, 1.165) is 0 Å². The Hall–Kier alpha value is -1.33. The van der Waals surface area contributed by atoms with E-state index < -0.39 is 11.9 Å². The fourth-order valence-corrected chi connectivity index (χ4v) is 1.08. The van der Waals surface area contributed by atoms with E-state index in [0.29, 0.717) is 5.69 Å². The molecule has 5 heteroatoms. The molecule has 1 aromatic rings. The van der Waals surface area contributed by atoms with Gasteiger partial charge in [0.15, 0.2) is 11.6 Å². The van der Waals surface area contributed by atoms with Crippen molar-refractivity contribution in [3.63, 3.8) is 0 Å². The molecule has 0 heterocycles. The maximum Gasteiger partial charge on any atom is 0.167 e. The molecule has 15 heavy (non-hydrogen) atoms. The molecule has 0 spiro atoms. The highest BCUT2D eigenvalue weighted by Crippen LogP contribution is 2.20. The summed E-state index contributed by atoms with van der Waals surface area (Å²) in [5.74, 6) is -0.302. The Balaban J connectivity index is 2.59. The van der Waals surface area contributed by atoms with Crippen LogP contribution in [0.2, 0.25) is 0 Å². The van der Waals surface area contributed by atoms with Gasteiger partial charge in [0, 0.05) is 18.3 Å². The van der Waals surface area contributed by atoms with Crippen LogP contribution in [0.1, 0.15) is 0 Å². The van der Waals surface area contributed by atoms with Crippen LogP contribution < -0.4 is 10.1 Å². The zero-order chi connectivity index (χ0) is 11.3. The van der Waals surface area contributed by atoms with E-state index in [1.54, 1.807) is 6.07 Å². The van der Waals surface area contributed by atoms with E-state index in [2.05, 4.69) is 5.32 Å². The summed E-state index contributed by atoms with van der Waals surface area (Å²) in [6.07, 6.45) is -0.852. The van der Waals surface area contributed by atoms with Gasteiger partial charge in [-0.3, -0.25) is 0 Å². The van der Waals surface area contributed by atoms with Crippen molar-refractivity contribution in [1.82, 2.24) is 0 Å². The van der Waals surface area contributed by atoms with E-state index in [9.17, 15) is 4.39 Å². The van der Waals surface area contributed by atoms with Crippen LogP contribution in [0.5, 0.6) is 5.75 Å². The molecule has 0 fully saturated rings. The number of anilines is 1. The molecule has 0 saturated heterocycles. The van der Waals surface area contributed by atoms with Crippen LogP contribution in [-0.4, -0.2) is 36.6 Å². The summed E-state index contributed by atoms with van der Waals surface area (Å²) in [4.78, 5) is 0. The van der Waals surface area contributed by atoms with Gasteiger partial charge in [-0.15, -0.1) is 0 Å². The van der Waals surface area contributed by atoms with Crippen LogP contribution in [0.25, 0.3) is 0 Å². The van der Waals surface area contributed by atoms with Gasteiger partial charge in [0.2, 0.25) is 0 Å². The van der Waals surface area contributed by atoms with E-state index in [4.69, 9.17) is 14.9 Å². The van der Waals surface area contributed by atoms with Crippen molar-refractivity contribution >= 4 is 5.69 Å². The highest BCUT2D eigenvalue weighted by Gasteiger charge is 2.05. The molecular weight excluding hydrogens is 201 g/mol. The largest absolute Gasteiger partial charge is 0.494 e. The Morgan fingerprint density at radius 2 is 2.27 bits per heavy atom. The van der Waals surface area contributed by atoms with Crippen LogP contribution in [0.3, 0.4) is 0 Å². The molecule has 0 unspecified atom stereocenters. The maximum atomic E-state index is 13.2. The van der Waals surface area contributed by atoms with Crippen molar-refractivity contribution < 1.29 is 19.3 Å². The highest BCUT2D eigenvalue weighted by molar-refractivity contribution is 5.47. The Morgan fingerprint density at radius 1 is 1.53 bits per heavy atom. The lowest BCUT2D eigenvalue weighted by atomic mass is 10.2. The number of nitrogens with one attached hydrogen (secondary N) is 1. The lowest BCUT2D eigenvalue weighted by molar-refractivity contribution is 0.105. The first-order valence-electron chi connectivity index (χ1n) is 4.53. The van der Waals surface area contributed by atoms with Crippen molar-refractivity contribution in [2.24, 2.45) is 0 Å². The average molecular weight is 215 g/mol. The van der Waals surface area contributed by atoms with Gasteiger partial charge < -0.3 is 20.3 Å². The molecule has 0 saturated carbocycles. The van der Waals surface area contributed by atoms with Crippen molar-refractivity contribution in [1.29, 1.82) is 0 Å². The second kappa shape index (κ2) is 5.53. The second-order valence-electron chi connectivity index (χ2n) is 3.07. The molecule has 1 aromatic carbocycles. The first-order valence-corrected chi connectivity index (χ1v) is 4.53. The third-order valence-electron chi connectivity index (χ3n) is 1.90. The van der Waals surface area contributed by atoms with Crippen molar-refractivity contribution in [2.45, 2.75) is 6.10 Å². The topological polar surface area (TPSA) is 61.7 Å². The number of methoxy groups -OCH3 is 1. The maximum absolute atomic E-state index is 13.2. The molecule has 3 N–H and O–H groups in total.